The van der Waals surface area contributed by atoms with Crippen LogP contribution in [0.3, 0.4) is 0 Å². The van der Waals surface area contributed by atoms with Crippen molar-refractivity contribution in [2.24, 2.45) is 0 Å². The van der Waals surface area contributed by atoms with Crippen molar-refractivity contribution in [1.29, 1.82) is 0 Å². The average molecular weight is 92.5 g/mol. The van der Waals surface area contributed by atoms with Crippen molar-refractivity contribution in [1.82, 2.24) is 0 Å². The van der Waals surface area contributed by atoms with E-state index in [0.29, 0.717) is 0 Å². The fraction of sp³-hybridized carbons (Fsp3) is 0. The van der Waals surface area contributed by atoms with Crippen LogP contribution in [0.4, 0.5) is 0 Å². The average Bonchev–Trinajstić information content (AvgIpc) is 0.918. The van der Waals surface area contributed by atoms with E-state index in [9.17, 15) is 0 Å². The molecule has 0 aliphatic carbocycles. The summed E-state index contributed by atoms with van der Waals surface area (Å²) in [5.74, 6) is 0. The summed E-state index contributed by atoms with van der Waals surface area (Å²) in [5.41, 5.74) is 0. The quantitative estimate of drug-likeness (QED) is 0.208. The monoisotopic (exact) mass is 92.0 g/mol. The molecule has 0 fully saturated rings. The molecule has 0 aliphatic heterocycles. The Kier molecular flexibility index (Phi) is 19.9. The van der Waals surface area contributed by atoms with Gasteiger partial charge in [-0.3, -0.25) is 0 Å². The van der Waals surface area contributed by atoms with Crippen LogP contribution in [0, 0.1) is 0 Å². The van der Waals surface area contributed by atoms with Gasteiger partial charge in [0.25, 0.3) is 0 Å². The van der Waals surface area contributed by atoms with Crippen LogP contribution in [0.25, 0.3) is 0 Å². The van der Waals surface area contributed by atoms with E-state index in [-0.39, 0.29) is 31.0 Å². The smallest absolute Gasteiger partial charge is 1.00 e. The van der Waals surface area contributed by atoms with E-state index in [1.807, 2.05) is 0 Å². The number of rotatable bonds is 0. The summed E-state index contributed by atoms with van der Waals surface area (Å²) in [6.07, 6.45) is 0. The summed E-state index contributed by atoms with van der Waals surface area (Å²) in [5, 5.41) is 6.83. The SMILES string of the molecule is OOCl.[H-].[Na+]. The van der Waals surface area contributed by atoms with Crippen LogP contribution >= 0.6 is 11.9 Å². The zero-order chi connectivity index (χ0) is 2.71. The van der Waals surface area contributed by atoms with E-state index in [2.05, 4.69) is 16.3 Å². The van der Waals surface area contributed by atoms with Crippen molar-refractivity contribution in [3.05, 3.63) is 0 Å². The van der Waals surface area contributed by atoms with Gasteiger partial charge in [0, 0.05) is 0 Å². The zero-order valence-electron chi connectivity index (χ0n) is 3.23. The van der Waals surface area contributed by atoms with Crippen LogP contribution in [0.1, 0.15) is 1.43 Å². The normalized spacial score (nSPS) is 4.50. The molecule has 2 nitrogen and oxygen atoms in total. The van der Waals surface area contributed by atoms with Crippen molar-refractivity contribution in [3.8, 4) is 0 Å². The van der Waals surface area contributed by atoms with E-state index in [0.717, 1.165) is 0 Å². The van der Waals surface area contributed by atoms with Gasteiger partial charge in [0.1, 0.15) is 0 Å². The van der Waals surface area contributed by atoms with Gasteiger partial charge < -0.3 is 1.43 Å². The van der Waals surface area contributed by atoms with Gasteiger partial charge in [-0.15, -0.1) is 4.44 Å². The molecule has 0 aromatic carbocycles. The van der Waals surface area contributed by atoms with Crippen molar-refractivity contribution in [2.45, 2.75) is 0 Å². The zero-order valence-corrected chi connectivity index (χ0v) is 4.99. The Hall–Kier alpha value is 1.21. The molecule has 0 saturated carbocycles. The molecule has 0 bridgehead atoms. The molecular formula is H2ClNaO2. The summed E-state index contributed by atoms with van der Waals surface area (Å²) in [4.78, 5) is 0. The third kappa shape index (κ3) is 10.7. The molecule has 0 aliphatic rings. The first-order valence-corrected chi connectivity index (χ1v) is 0.645. The van der Waals surface area contributed by atoms with E-state index < -0.39 is 0 Å². The molecular weight excluding hydrogens is 90.4 g/mol. The maximum Gasteiger partial charge on any atom is 1.00 e. The second-order valence-electron chi connectivity index (χ2n) is 0.0690. The standard InChI is InChI=1S/ClHO2.Na.H/c1-3-2;;/h2H;;/q;+1;-1. The molecule has 0 aromatic heterocycles. The first-order valence-electron chi connectivity index (χ1n) is 0.337. The summed E-state index contributed by atoms with van der Waals surface area (Å²) in [6.45, 7) is 0. The molecule has 0 saturated heterocycles. The molecule has 0 radical (unpaired) electrons. The molecule has 0 atom stereocenters. The Labute approximate surface area is 52.6 Å². The van der Waals surface area contributed by atoms with Gasteiger partial charge in [-0.05, 0) is 0 Å². The van der Waals surface area contributed by atoms with Gasteiger partial charge in [-0.1, -0.05) is 0 Å². The van der Waals surface area contributed by atoms with Crippen LogP contribution < -0.4 is 29.6 Å². The largest absolute Gasteiger partial charge is 1.00 e. The molecule has 0 amide bonds. The van der Waals surface area contributed by atoms with E-state index in [1.165, 1.54) is 0 Å². The van der Waals surface area contributed by atoms with Gasteiger partial charge in [0.15, 0.2) is 0 Å². The predicted molar refractivity (Wildman–Crippen MR) is 10.7 cm³/mol. The summed E-state index contributed by atoms with van der Waals surface area (Å²) >= 11 is 4.05. The summed E-state index contributed by atoms with van der Waals surface area (Å²) in [7, 11) is 0. The predicted octanol–water partition coefficient (Wildman–Crippen LogP) is -2.25. The van der Waals surface area contributed by atoms with Crippen molar-refractivity contribution < 1.29 is 40.7 Å². The first-order chi connectivity index (χ1) is 1.41. The molecule has 0 aromatic rings. The maximum absolute atomic E-state index is 6.83. The Morgan fingerprint density at radius 1 is 2.00 bits per heavy atom. The van der Waals surface area contributed by atoms with Crippen molar-refractivity contribution >= 4 is 11.9 Å². The van der Waals surface area contributed by atoms with Crippen LogP contribution in [0.15, 0.2) is 0 Å². The minimum Gasteiger partial charge on any atom is -1.00 e. The van der Waals surface area contributed by atoms with Crippen LogP contribution in [0.5, 0.6) is 0 Å². The Balaban J connectivity index is -0.0000000200. The van der Waals surface area contributed by atoms with Gasteiger partial charge in [0.05, 0.1) is 11.9 Å². The van der Waals surface area contributed by atoms with E-state index in [1.54, 1.807) is 0 Å². The number of halogens is 1. The molecule has 0 rings (SSSR count). The van der Waals surface area contributed by atoms with Crippen LogP contribution in [0.2, 0.25) is 0 Å². The van der Waals surface area contributed by atoms with Crippen LogP contribution in [-0.2, 0) is 4.44 Å². The third-order valence-corrected chi connectivity index (χ3v) is 0. The first kappa shape index (κ1) is 8.96. The minimum absolute atomic E-state index is 0. The van der Waals surface area contributed by atoms with E-state index in [4.69, 9.17) is 5.26 Å². The van der Waals surface area contributed by atoms with Gasteiger partial charge in [-0.2, -0.15) is 0 Å². The Morgan fingerprint density at radius 3 is 2.00 bits per heavy atom. The molecule has 1 N–H and O–H groups in total. The molecule has 0 spiro atoms. The summed E-state index contributed by atoms with van der Waals surface area (Å²) in [6, 6.07) is 0. The Bertz CT molecular complexity index is 9.61. The second kappa shape index (κ2) is 8.88. The Morgan fingerprint density at radius 2 is 2.00 bits per heavy atom. The topological polar surface area (TPSA) is 29.5 Å². The fourth-order valence-electron chi connectivity index (χ4n) is 0. The molecule has 0 unspecified atom stereocenters. The van der Waals surface area contributed by atoms with Gasteiger partial charge >= 0.3 is 29.6 Å². The van der Waals surface area contributed by atoms with E-state index >= 15 is 0 Å². The molecule has 22 valence electrons. The maximum atomic E-state index is 6.83. The summed E-state index contributed by atoms with van der Waals surface area (Å²) < 4.78 is 2.72. The molecule has 0 heterocycles. The van der Waals surface area contributed by atoms with Crippen molar-refractivity contribution in [2.75, 3.05) is 0 Å². The number of hydrogen-bond donors (Lipinski definition) is 1. The fourth-order valence-corrected chi connectivity index (χ4v) is 0. The third-order valence-electron chi connectivity index (χ3n) is 0. The minimum atomic E-state index is 0. The molecule has 4 heavy (non-hydrogen) atoms. The second-order valence-corrected chi connectivity index (χ2v) is 0.207. The van der Waals surface area contributed by atoms with Gasteiger partial charge in [-0.25, -0.2) is 5.26 Å². The van der Waals surface area contributed by atoms with Crippen molar-refractivity contribution in [3.63, 3.8) is 0 Å². The van der Waals surface area contributed by atoms with Crippen LogP contribution in [-0.4, -0.2) is 5.26 Å². The molecule has 4 heteroatoms. The number of hydrogen-bond acceptors (Lipinski definition) is 2. The van der Waals surface area contributed by atoms with Gasteiger partial charge in [0.2, 0.25) is 0 Å².